The van der Waals surface area contributed by atoms with E-state index in [9.17, 15) is 4.39 Å². The first-order chi connectivity index (χ1) is 11.1. The summed E-state index contributed by atoms with van der Waals surface area (Å²) in [5, 5.41) is 0. The summed E-state index contributed by atoms with van der Waals surface area (Å²) in [5.74, 6) is -0.213. The first-order valence-corrected chi connectivity index (χ1v) is 7.83. The molecule has 2 heteroatoms. The lowest BCUT2D eigenvalue weighted by Gasteiger charge is -2.34. The van der Waals surface area contributed by atoms with Crippen molar-refractivity contribution in [1.82, 2.24) is 4.90 Å². The molecule has 0 spiro atoms. The quantitative estimate of drug-likeness (QED) is 0.725. The van der Waals surface area contributed by atoms with Gasteiger partial charge in [-0.2, -0.15) is 0 Å². The van der Waals surface area contributed by atoms with Gasteiger partial charge in [-0.3, -0.25) is 0 Å². The van der Waals surface area contributed by atoms with Crippen molar-refractivity contribution in [3.05, 3.63) is 95.5 Å². The monoisotopic (exact) mass is 305 g/mol. The molecule has 0 saturated heterocycles. The van der Waals surface area contributed by atoms with Crippen molar-refractivity contribution < 1.29 is 4.39 Å². The minimum absolute atomic E-state index is 0.213. The Morgan fingerprint density at radius 2 is 1.65 bits per heavy atom. The summed E-state index contributed by atoms with van der Waals surface area (Å²) in [5.41, 5.74) is 5.63. The molecule has 23 heavy (non-hydrogen) atoms. The van der Waals surface area contributed by atoms with E-state index in [2.05, 4.69) is 36.6 Å². The third kappa shape index (κ3) is 2.72. The first kappa shape index (κ1) is 15.3. The van der Waals surface area contributed by atoms with Gasteiger partial charge in [0.25, 0.3) is 0 Å². The summed E-state index contributed by atoms with van der Waals surface area (Å²) in [6, 6.07) is 17.0. The highest BCUT2D eigenvalue weighted by Gasteiger charge is 2.25. The van der Waals surface area contributed by atoms with Gasteiger partial charge in [-0.15, -0.1) is 0 Å². The molecule has 0 aliphatic carbocycles. The van der Waals surface area contributed by atoms with E-state index in [1.807, 2.05) is 37.3 Å². The molecule has 0 bridgehead atoms. The van der Waals surface area contributed by atoms with Crippen molar-refractivity contribution in [3.63, 3.8) is 0 Å². The third-order valence-electron chi connectivity index (χ3n) is 4.20. The van der Waals surface area contributed by atoms with Gasteiger partial charge in [-0.05, 0) is 43.2 Å². The molecule has 0 amide bonds. The Labute approximate surface area is 137 Å². The van der Waals surface area contributed by atoms with Gasteiger partial charge in [0, 0.05) is 23.4 Å². The van der Waals surface area contributed by atoms with Crippen molar-refractivity contribution in [3.8, 4) is 0 Å². The molecular weight excluding hydrogens is 285 g/mol. The van der Waals surface area contributed by atoms with Crippen LogP contribution in [-0.2, 0) is 0 Å². The molecule has 2 aromatic carbocycles. The number of hydrogen-bond donors (Lipinski definition) is 0. The first-order valence-electron chi connectivity index (χ1n) is 7.83. The molecule has 1 aliphatic heterocycles. The van der Waals surface area contributed by atoms with E-state index >= 15 is 0 Å². The van der Waals surface area contributed by atoms with Crippen LogP contribution in [0.25, 0.3) is 11.3 Å². The van der Waals surface area contributed by atoms with E-state index in [0.717, 1.165) is 34.6 Å². The molecule has 0 fully saturated rings. The van der Waals surface area contributed by atoms with E-state index in [-0.39, 0.29) is 5.82 Å². The fourth-order valence-electron chi connectivity index (χ4n) is 2.99. The second kappa shape index (κ2) is 6.25. The molecule has 0 N–H and O–H groups in total. The molecule has 0 aromatic heterocycles. The van der Waals surface area contributed by atoms with Crippen LogP contribution < -0.4 is 0 Å². The van der Waals surface area contributed by atoms with E-state index < -0.39 is 0 Å². The van der Waals surface area contributed by atoms with Crippen molar-refractivity contribution in [2.75, 3.05) is 6.54 Å². The summed E-state index contributed by atoms with van der Waals surface area (Å²) in [6.07, 6.45) is 2.10. The second-order valence-corrected chi connectivity index (χ2v) is 5.63. The zero-order chi connectivity index (χ0) is 16.4. The molecule has 116 valence electrons. The van der Waals surface area contributed by atoms with Gasteiger partial charge in [0.1, 0.15) is 5.82 Å². The number of allylic oxidation sites excluding steroid dienone is 3. The Kier molecular flexibility index (Phi) is 4.16. The van der Waals surface area contributed by atoms with Crippen LogP contribution >= 0.6 is 0 Å². The molecular formula is C21H20FN. The highest BCUT2D eigenvalue weighted by atomic mass is 19.1. The number of likely N-dealkylation sites (N-methyl/N-ethyl adjacent to an activating group) is 1. The molecule has 1 heterocycles. The molecule has 3 rings (SSSR count). The predicted octanol–water partition coefficient (Wildman–Crippen LogP) is 5.49. The van der Waals surface area contributed by atoms with Gasteiger partial charge < -0.3 is 4.90 Å². The Bertz CT molecular complexity index is 800. The Morgan fingerprint density at radius 1 is 1.00 bits per heavy atom. The van der Waals surface area contributed by atoms with Crippen LogP contribution in [0.1, 0.15) is 25.0 Å². The predicted molar refractivity (Wildman–Crippen MR) is 94.9 cm³/mol. The summed E-state index contributed by atoms with van der Waals surface area (Å²) in [6.45, 7) is 9.03. The Hall–Kier alpha value is -2.61. The van der Waals surface area contributed by atoms with Gasteiger partial charge in [0.15, 0.2) is 0 Å². The minimum Gasteiger partial charge on any atom is -0.341 e. The number of hydrogen-bond acceptors (Lipinski definition) is 1. The normalized spacial score (nSPS) is 15.0. The van der Waals surface area contributed by atoms with Gasteiger partial charge in [-0.25, -0.2) is 4.39 Å². The van der Waals surface area contributed by atoms with Crippen LogP contribution in [-0.4, -0.2) is 11.4 Å². The number of benzene rings is 2. The zero-order valence-electron chi connectivity index (χ0n) is 13.5. The summed E-state index contributed by atoms with van der Waals surface area (Å²) >= 11 is 0. The van der Waals surface area contributed by atoms with Crippen LogP contribution in [0.5, 0.6) is 0 Å². The smallest absolute Gasteiger partial charge is 0.132 e. The summed E-state index contributed by atoms with van der Waals surface area (Å²) in [7, 11) is 0. The highest BCUT2D eigenvalue weighted by molar-refractivity contribution is 5.97. The van der Waals surface area contributed by atoms with E-state index in [1.54, 1.807) is 6.07 Å². The zero-order valence-corrected chi connectivity index (χ0v) is 13.5. The van der Waals surface area contributed by atoms with Crippen LogP contribution in [0, 0.1) is 5.82 Å². The van der Waals surface area contributed by atoms with Gasteiger partial charge >= 0.3 is 0 Å². The molecule has 0 radical (unpaired) electrons. The van der Waals surface area contributed by atoms with Crippen molar-refractivity contribution >= 4 is 11.3 Å². The number of nitrogens with zero attached hydrogens (tertiary/aromatic N) is 1. The van der Waals surface area contributed by atoms with Crippen LogP contribution in [0.3, 0.4) is 0 Å². The number of rotatable bonds is 3. The van der Waals surface area contributed by atoms with Crippen molar-refractivity contribution in [1.29, 1.82) is 0 Å². The lowest BCUT2D eigenvalue weighted by atomic mass is 9.92. The van der Waals surface area contributed by atoms with Gasteiger partial charge in [0.05, 0.1) is 5.70 Å². The van der Waals surface area contributed by atoms with Crippen LogP contribution in [0.2, 0.25) is 0 Å². The maximum Gasteiger partial charge on any atom is 0.132 e. The maximum absolute atomic E-state index is 14.5. The summed E-state index contributed by atoms with van der Waals surface area (Å²) < 4.78 is 14.5. The maximum atomic E-state index is 14.5. The standard InChI is InChI=1S/C21H20FN/c1-4-23-16(3)15(2)14-19(17-10-6-5-7-11-17)21(23)18-12-8-9-13-20(18)22/h5-14H,3-4H2,1-2H3. The molecule has 0 saturated carbocycles. The fraction of sp³-hybridized carbons (Fsp3) is 0.143. The van der Waals surface area contributed by atoms with Gasteiger partial charge in [-0.1, -0.05) is 49.0 Å². The lowest BCUT2D eigenvalue weighted by molar-refractivity contribution is 0.517. The SMILES string of the molecule is C=C1C(C)=CC(c2ccccc2)=C(c2ccccc2F)N1CC. The molecule has 0 unspecified atom stereocenters. The fourth-order valence-corrected chi connectivity index (χ4v) is 2.99. The average molecular weight is 305 g/mol. The molecule has 0 atom stereocenters. The largest absolute Gasteiger partial charge is 0.341 e. The second-order valence-electron chi connectivity index (χ2n) is 5.63. The number of halogens is 1. The third-order valence-corrected chi connectivity index (χ3v) is 4.20. The Balaban J connectivity index is 2.32. The van der Waals surface area contributed by atoms with Crippen LogP contribution in [0.15, 0.2) is 78.5 Å². The Morgan fingerprint density at radius 3 is 2.30 bits per heavy atom. The minimum atomic E-state index is -0.213. The topological polar surface area (TPSA) is 3.24 Å². The van der Waals surface area contributed by atoms with Crippen molar-refractivity contribution in [2.45, 2.75) is 13.8 Å². The molecule has 1 aliphatic rings. The molecule has 1 nitrogen and oxygen atoms in total. The lowest BCUT2D eigenvalue weighted by Crippen LogP contribution is -2.25. The van der Waals surface area contributed by atoms with E-state index in [4.69, 9.17) is 0 Å². The van der Waals surface area contributed by atoms with E-state index in [1.165, 1.54) is 6.07 Å². The van der Waals surface area contributed by atoms with E-state index in [0.29, 0.717) is 5.56 Å². The highest BCUT2D eigenvalue weighted by Crippen LogP contribution is 2.39. The molecule has 2 aromatic rings. The summed E-state index contributed by atoms with van der Waals surface area (Å²) in [4.78, 5) is 2.09. The van der Waals surface area contributed by atoms with Gasteiger partial charge in [0.2, 0.25) is 0 Å². The van der Waals surface area contributed by atoms with Crippen LogP contribution in [0.4, 0.5) is 4.39 Å². The average Bonchev–Trinajstić information content (AvgIpc) is 2.58. The van der Waals surface area contributed by atoms with Crippen molar-refractivity contribution in [2.24, 2.45) is 0 Å².